The third-order valence-electron chi connectivity index (χ3n) is 4.09. The number of benzene rings is 2. The lowest BCUT2D eigenvalue weighted by molar-refractivity contribution is -0.885. The van der Waals surface area contributed by atoms with Crippen molar-refractivity contribution in [2.24, 2.45) is 0 Å². The number of amides is 1. The number of rotatable bonds is 7. The van der Waals surface area contributed by atoms with E-state index in [1.54, 1.807) is 11.3 Å². The third kappa shape index (κ3) is 5.02. The normalized spacial score (nSPS) is 12.1. The van der Waals surface area contributed by atoms with Crippen LogP contribution >= 0.6 is 11.3 Å². The van der Waals surface area contributed by atoms with Crippen molar-refractivity contribution in [3.8, 4) is 0 Å². The zero-order valence-electron chi connectivity index (χ0n) is 14.3. The van der Waals surface area contributed by atoms with Crippen LogP contribution in [0.1, 0.15) is 22.0 Å². The molecular weight excluding hydrogens is 328 g/mol. The summed E-state index contributed by atoms with van der Waals surface area (Å²) in [5, 5.41) is 5.28. The molecule has 1 amide bonds. The van der Waals surface area contributed by atoms with Crippen LogP contribution < -0.4 is 10.2 Å². The fourth-order valence-electron chi connectivity index (χ4n) is 2.91. The Bertz CT molecular complexity index is 733. The van der Waals surface area contributed by atoms with Crippen molar-refractivity contribution in [2.75, 3.05) is 13.6 Å². The largest absolute Gasteiger partial charge is 0.340 e. The fraction of sp³-hybridized carbons (Fsp3) is 0.190. The molecule has 0 radical (unpaired) electrons. The lowest BCUT2D eigenvalue weighted by atomic mass is 9.99. The molecule has 0 saturated heterocycles. The minimum Gasteiger partial charge on any atom is -0.340 e. The summed E-state index contributed by atoms with van der Waals surface area (Å²) in [5.74, 6) is 0.0618. The van der Waals surface area contributed by atoms with Gasteiger partial charge in [0.25, 0.3) is 5.91 Å². The van der Waals surface area contributed by atoms with Crippen LogP contribution in [-0.4, -0.2) is 19.5 Å². The van der Waals surface area contributed by atoms with E-state index in [0.29, 0.717) is 6.54 Å². The molecule has 3 aromatic rings. The molecule has 0 fully saturated rings. The third-order valence-corrected chi connectivity index (χ3v) is 4.97. The van der Waals surface area contributed by atoms with Crippen molar-refractivity contribution >= 4 is 17.2 Å². The molecule has 0 bridgehead atoms. The van der Waals surface area contributed by atoms with Crippen molar-refractivity contribution in [3.63, 3.8) is 0 Å². The highest BCUT2D eigenvalue weighted by atomic mass is 32.1. The Morgan fingerprint density at radius 1 is 0.960 bits per heavy atom. The second kappa shape index (κ2) is 8.60. The molecule has 0 saturated carbocycles. The maximum absolute atomic E-state index is 12.6. The second-order valence-corrected chi connectivity index (χ2v) is 7.24. The Hall–Kier alpha value is -2.43. The van der Waals surface area contributed by atoms with Crippen molar-refractivity contribution in [3.05, 3.63) is 94.2 Å². The van der Waals surface area contributed by atoms with E-state index in [2.05, 4.69) is 48.1 Å². The minimum absolute atomic E-state index is 0.0618. The van der Waals surface area contributed by atoms with Crippen molar-refractivity contribution < 1.29 is 9.69 Å². The lowest BCUT2D eigenvalue weighted by Gasteiger charge is -2.21. The molecule has 1 aromatic heterocycles. The monoisotopic (exact) mass is 351 g/mol. The molecule has 128 valence electrons. The number of nitrogens with one attached hydrogen (secondary N) is 2. The van der Waals surface area contributed by atoms with Gasteiger partial charge < -0.3 is 10.2 Å². The Balaban J connectivity index is 1.68. The number of carbonyl (C=O) groups excluding carboxylic acids is 1. The number of thiophene rings is 1. The molecule has 3 rings (SSSR count). The predicted octanol–water partition coefficient (Wildman–Crippen LogP) is 2.67. The van der Waals surface area contributed by atoms with Gasteiger partial charge in [0.05, 0.1) is 18.0 Å². The Morgan fingerprint density at radius 3 is 2.08 bits per heavy atom. The van der Waals surface area contributed by atoms with E-state index >= 15 is 0 Å². The average Bonchev–Trinajstić information content (AvgIpc) is 3.14. The first kappa shape index (κ1) is 17.4. The summed E-state index contributed by atoms with van der Waals surface area (Å²) in [6.45, 7) is 1.32. The van der Waals surface area contributed by atoms with Crippen LogP contribution in [0, 0.1) is 0 Å². The predicted molar refractivity (Wildman–Crippen MR) is 103 cm³/mol. The fourth-order valence-corrected chi connectivity index (χ4v) is 3.73. The van der Waals surface area contributed by atoms with E-state index in [9.17, 15) is 4.79 Å². The van der Waals surface area contributed by atoms with Gasteiger partial charge in [0, 0.05) is 0 Å². The molecule has 2 N–H and O–H groups in total. The molecule has 0 aliphatic heterocycles. The molecule has 3 nitrogen and oxygen atoms in total. The quantitative estimate of drug-likeness (QED) is 0.674. The van der Waals surface area contributed by atoms with E-state index < -0.39 is 0 Å². The van der Waals surface area contributed by atoms with E-state index in [1.165, 1.54) is 9.78 Å². The summed E-state index contributed by atoms with van der Waals surface area (Å²) < 4.78 is 0. The first-order valence-electron chi connectivity index (χ1n) is 8.45. The zero-order valence-corrected chi connectivity index (χ0v) is 15.1. The topological polar surface area (TPSA) is 33.5 Å². The van der Waals surface area contributed by atoms with Crippen LogP contribution in [0.2, 0.25) is 0 Å². The number of hydrogen-bond donors (Lipinski definition) is 2. The summed E-state index contributed by atoms with van der Waals surface area (Å²) in [4.78, 5) is 15.1. The first-order chi connectivity index (χ1) is 12.2. The average molecular weight is 351 g/mol. The molecule has 4 heteroatoms. The van der Waals surface area contributed by atoms with Gasteiger partial charge in [-0.05, 0) is 22.6 Å². The molecule has 1 heterocycles. The standard InChI is InChI=1S/C21H22N2OS/c1-23(15-19-13-8-14-25-19)16-20(24)22-21(17-9-4-2-5-10-17)18-11-6-3-7-12-18/h2-14,21H,15-16H2,1H3,(H,22,24)/p+1. The van der Waals surface area contributed by atoms with Gasteiger partial charge in [0.2, 0.25) is 0 Å². The molecular formula is C21H23N2OS+. The molecule has 0 spiro atoms. The highest BCUT2D eigenvalue weighted by Gasteiger charge is 2.19. The van der Waals surface area contributed by atoms with Crippen molar-refractivity contribution in [1.29, 1.82) is 0 Å². The summed E-state index contributed by atoms with van der Waals surface area (Å²) in [6.07, 6.45) is 0. The molecule has 0 aliphatic rings. The molecule has 25 heavy (non-hydrogen) atoms. The molecule has 1 atom stereocenters. The van der Waals surface area contributed by atoms with Crippen LogP contribution in [-0.2, 0) is 11.3 Å². The first-order valence-corrected chi connectivity index (χ1v) is 9.33. The van der Waals surface area contributed by atoms with E-state index in [1.807, 2.05) is 42.5 Å². The van der Waals surface area contributed by atoms with Crippen LogP contribution in [0.15, 0.2) is 78.2 Å². The highest BCUT2D eigenvalue weighted by Crippen LogP contribution is 2.21. The van der Waals surface area contributed by atoms with Crippen LogP contribution in [0.25, 0.3) is 0 Å². The minimum atomic E-state index is -0.121. The van der Waals surface area contributed by atoms with Gasteiger partial charge in [-0.25, -0.2) is 0 Å². The Labute approximate surface area is 152 Å². The van der Waals surface area contributed by atoms with Crippen molar-refractivity contribution in [1.82, 2.24) is 5.32 Å². The Morgan fingerprint density at radius 2 is 1.56 bits per heavy atom. The van der Waals surface area contributed by atoms with Gasteiger partial charge in [-0.1, -0.05) is 66.7 Å². The van der Waals surface area contributed by atoms with Crippen LogP contribution in [0.5, 0.6) is 0 Å². The zero-order chi connectivity index (χ0) is 17.5. The van der Waals surface area contributed by atoms with Gasteiger partial charge in [0.1, 0.15) is 6.54 Å². The molecule has 2 aromatic carbocycles. The number of carbonyl (C=O) groups is 1. The number of hydrogen-bond acceptors (Lipinski definition) is 2. The van der Waals surface area contributed by atoms with Crippen LogP contribution in [0.3, 0.4) is 0 Å². The smallest absolute Gasteiger partial charge is 0.275 e. The SMILES string of the molecule is C[NH+](CC(=O)NC(c1ccccc1)c1ccccc1)Cc1cccs1. The van der Waals surface area contributed by atoms with Gasteiger partial charge in [-0.3, -0.25) is 4.79 Å². The number of likely N-dealkylation sites (N-methyl/N-ethyl adjacent to an activating group) is 1. The van der Waals surface area contributed by atoms with Gasteiger partial charge >= 0.3 is 0 Å². The molecule has 1 unspecified atom stereocenters. The van der Waals surface area contributed by atoms with Crippen LogP contribution in [0.4, 0.5) is 0 Å². The summed E-state index contributed by atoms with van der Waals surface area (Å²) in [6, 6.07) is 24.3. The lowest BCUT2D eigenvalue weighted by Crippen LogP contribution is -3.08. The van der Waals surface area contributed by atoms with Gasteiger partial charge in [0.15, 0.2) is 6.54 Å². The maximum Gasteiger partial charge on any atom is 0.275 e. The highest BCUT2D eigenvalue weighted by molar-refractivity contribution is 7.09. The van der Waals surface area contributed by atoms with E-state index in [4.69, 9.17) is 0 Å². The maximum atomic E-state index is 12.6. The summed E-state index contributed by atoms with van der Waals surface area (Å²) in [5.41, 5.74) is 2.19. The number of quaternary nitrogens is 1. The van der Waals surface area contributed by atoms with Crippen molar-refractivity contribution in [2.45, 2.75) is 12.6 Å². The summed E-state index contributed by atoms with van der Waals surface area (Å²) in [7, 11) is 2.05. The molecule has 0 aliphatic carbocycles. The van der Waals surface area contributed by atoms with E-state index in [-0.39, 0.29) is 11.9 Å². The van der Waals surface area contributed by atoms with Gasteiger partial charge in [-0.15, -0.1) is 11.3 Å². The summed E-state index contributed by atoms with van der Waals surface area (Å²) >= 11 is 1.73. The van der Waals surface area contributed by atoms with E-state index in [0.717, 1.165) is 17.7 Å². The second-order valence-electron chi connectivity index (χ2n) is 6.21. The Kier molecular flexibility index (Phi) is 5.99. The van der Waals surface area contributed by atoms with Gasteiger partial charge in [-0.2, -0.15) is 0 Å².